The van der Waals surface area contributed by atoms with Crippen LogP contribution in [0.3, 0.4) is 0 Å². The van der Waals surface area contributed by atoms with Crippen LogP contribution in [0.1, 0.15) is 60.5 Å². The molecule has 4 aromatic carbocycles. The predicted octanol–water partition coefficient (Wildman–Crippen LogP) is 8.91. The summed E-state index contributed by atoms with van der Waals surface area (Å²) >= 11 is 6.13. The van der Waals surface area contributed by atoms with Crippen molar-refractivity contribution in [2.75, 3.05) is 16.6 Å². The number of ether oxygens (including phenoxy) is 1. The SMILES string of the molecule is Cl.O=C(O)c1ccc2c(c1)nc(-c1ccc(OCc3cc(N4CCCS4(=O)=O)ccc3-c3ccc(Cl)cc3)cc1F)n2C1CCCCC1. The number of rotatable bonds is 8. The van der Waals surface area contributed by atoms with Gasteiger partial charge in [-0.3, -0.25) is 4.31 Å². The van der Waals surface area contributed by atoms with Crippen LogP contribution in [-0.2, 0) is 16.6 Å². The van der Waals surface area contributed by atoms with Gasteiger partial charge in [0.2, 0.25) is 10.0 Å². The van der Waals surface area contributed by atoms with E-state index in [0.717, 1.165) is 54.3 Å². The Morgan fingerprint density at radius 2 is 1.69 bits per heavy atom. The molecule has 0 radical (unpaired) electrons. The predicted molar refractivity (Wildman–Crippen MR) is 188 cm³/mol. The van der Waals surface area contributed by atoms with Gasteiger partial charge in [0.25, 0.3) is 0 Å². The molecule has 12 heteroatoms. The number of anilines is 1. The van der Waals surface area contributed by atoms with E-state index < -0.39 is 21.8 Å². The number of nitrogens with zero attached hydrogens (tertiary/aromatic N) is 3. The maximum atomic E-state index is 16.0. The zero-order chi connectivity index (χ0) is 32.7. The van der Waals surface area contributed by atoms with Crippen LogP contribution in [0.5, 0.6) is 5.75 Å². The van der Waals surface area contributed by atoms with Crippen molar-refractivity contribution >= 4 is 56.7 Å². The molecule has 5 aromatic rings. The molecule has 1 aliphatic heterocycles. The zero-order valence-corrected chi connectivity index (χ0v) is 28.3. The quantitative estimate of drug-likeness (QED) is 0.173. The van der Waals surface area contributed by atoms with Gasteiger partial charge in [0.1, 0.15) is 24.0 Å². The second-order valence-electron chi connectivity index (χ2n) is 12.1. The Hall–Kier alpha value is -4.12. The summed E-state index contributed by atoms with van der Waals surface area (Å²) in [5.41, 5.74) is 4.77. The van der Waals surface area contributed by atoms with Gasteiger partial charge < -0.3 is 14.4 Å². The maximum absolute atomic E-state index is 16.0. The summed E-state index contributed by atoms with van der Waals surface area (Å²) in [6.07, 6.45) is 5.72. The average molecular weight is 711 g/mol. The molecule has 2 aliphatic rings. The maximum Gasteiger partial charge on any atom is 0.335 e. The first-order valence-corrected chi connectivity index (χ1v) is 17.7. The molecule has 7 rings (SSSR count). The van der Waals surface area contributed by atoms with E-state index in [1.807, 2.05) is 24.3 Å². The fourth-order valence-corrected chi connectivity index (χ4v) is 8.44. The minimum absolute atomic E-state index is 0. The lowest BCUT2D eigenvalue weighted by atomic mass is 9.94. The Bertz CT molecular complexity index is 2100. The standard InChI is InChI=1S/C36H33ClFN3O5S.ClH/c37-26-10-7-23(8-11-26)30-14-12-28(40-17-4-18-47(40,44)45)19-25(30)22-46-29-13-15-31(32(38)21-29)35-39-33-20-24(36(42)43)9-16-34(33)41(35)27-5-2-1-3-6-27;/h7-16,19-21,27H,1-6,17-18,22H2,(H,42,43);1H. The molecular formula is C36H34Cl2FN3O5S. The number of halogens is 3. The van der Waals surface area contributed by atoms with Crippen molar-refractivity contribution in [2.24, 2.45) is 0 Å². The van der Waals surface area contributed by atoms with Crippen molar-refractivity contribution in [1.29, 1.82) is 0 Å². The first kappa shape index (κ1) is 33.8. The van der Waals surface area contributed by atoms with Crippen molar-refractivity contribution in [1.82, 2.24) is 9.55 Å². The molecule has 8 nitrogen and oxygen atoms in total. The monoisotopic (exact) mass is 709 g/mol. The molecule has 1 saturated carbocycles. The number of aromatic carboxylic acids is 1. The summed E-state index contributed by atoms with van der Waals surface area (Å²) in [4.78, 5) is 16.4. The Morgan fingerprint density at radius 3 is 2.38 bits per heavy atom. The lowest BCUT2D eigenvalue weighted by Gasteiger charge is -2.25. The first-order chi connectivity index (χ1) is 22.7. The van der Waals surface area contributed by atoms with E-state index in [9.17, 15) is 18.3 Å². The largest absolute Gasteiger partial charge is 0.489 e. The molecule has 2 heterocycles. The molecule has 1 N–H and O–H groups in total. The number of carboxylic acids is 1. The summed E-state index contributed by atoms with van der Waals surface area (Å²) in [7, 11) is -3.38. The van der Waals surface area contributed by atoms with Crippen molar-refractivity contribution in [2.45, 2.75) is 51.2 Å². The molecule has 0 atom stereocenters. The van der Waals surface area contributed by atoms with E-state index in [0.29, 0.717) is 46.3 Å². The van der Waals surface area contributed by atoms with E-state index in [4.69, 9.17) is 21.3 Å². The molecule has 48 heavy (non-hydrogen) atoms. The van der Waals surface area contributed by atoms with Crippen LogP contribution < -0.4 is 9.04 Å². The number of benzene rings is 4. The van der Waals surface area contributed by atoms with Gasteiger partial charge in [0, 0.05) is 23.7 Å². The summed E-state index contributed by atoms with van der Waals surface area (Å²) in [6.45, 7) is 0.482. The van der Waals surface area contributed by atoms with E-state index in [-0.39, 0.29) is 36.4 Å². The molecule has 0 amide bonds. The fourth-order valence-electron chi connectivity index (χ4n) is 6.75. The smallest absolute Gasteiger partial charge is 0.335 e. The number of hydrogen-bond acceptors (Lipinski definition) is 5. The van der Waals surface area contributed by atoms with Crippen LogP contribution >= 0.6 is 24.0 Å². The number of imidazole rings is 1. The van der Waals surface area contributed by atoms with Crippen LogP contribution in [-0.4, -0.2) is 41.3 Å². The van der Waals surface area contributed by atoms with E-state index in [2.05, 4.69) is 4.57 Å². The lowest BCUT2D eigenvalue weighted by Crippen LogP contribution is -2.25. The van der Waals surface area contributed by atoms with E-state index >= 15 is 4.39 Å². The van der Waals surface area contributed by atoms with Crippen LogP contribution in [0.4, 0.5) is 10.1 Å². The van der Waals surface area contributed by atoms with E-state index in [1.54, 1.807) is 42.5 Å². The highest BCUT2D eigenvalue weighted by atomic mass is 35.5. The topological polar surface area (TPSA) is 102 Å². The Labute approximate surface area is 289 Å². The molecule has 0 spiro atoms. The Kier molecular flexibility index (Phi) is 9.69. The third-order valence-corrected chi connectivity index (χ3v) is 11.2. The number of hydrogen-bond donors (Lipinski definition) is 1. The minimum Gasteiger partial charge on any atom is -0.489 e. The zero-order valence-electron chi connectivity index (χ0n) is 25.9. The summed E-state index contributed by atoms with van der Waals surface area (Å²) in [5, 5.41) is 10.1. The van der Waals surface area contributed by atoms with Gasteiger partial charge in [-0.25, -0.2) is 22.6 Å². The molecule has 1 aromatic heterocycles. The number of carbonyl (C=O) groups is 1. The highest BCUT2D eigenvalue weighted by Gasteiger charge is 2.29. The summed E-state index contributed by atoms with van der Waals surface area (Å²) in [6, 6.07) is 22.5. The van der Waals surface area contributed by atoms with Gasteiger partial charge in [-0.15, -0.1) is 12.4 Å². The molecule has 1 saturated heterocycles. The first-order valence-electron chi connectivity index (χ1n) is 15.8. The highest BCUT2D eigenvalue weighted by molar-refractivity contribution is 7.93. The normalized spacial score (nSPS) is 16.2. The molecule has 0 unspecified atom stereocenters. The molecule has 250 valence electrons. The molecule has 1 aliphatic carbocycles. The van der Waals surface area contributed by atoms with Gasteiger partial charge in [-0.2, -0.15) is 0 Å². The summed E-state index contributed by atoms with van der Waals surface area (Å²) < 4.78 is 50.9. The van der Waals surface area contributed by atoms with Gasteiger partial charge in [0.05, 0.1) is 33.6 Å². The van der Waals surface area contributed by atoms with Gasteiger partial charge in [-0.05, 0) is 90.6 Å². The fraction of sp³-hybridized carbons (Fsp3) is 0.278. The third-order valence-electron chi connectivity index (χ3n) is 9.08. The number of carboxylic acid groups (broad SMARTS) is 1. The van der Waals surface area contributed by atoms with Crippen molar-refractivity contribution < 1.29 is 27.4 Å². The second-order valence-corrected chi connectivity index (χ2v) is 14.6. The second kappa shape index (κ2) is 13.8. The lowest BCUT2D eigenvalue weighted by molar-refractivity contribution is 0.0697. The molecule has 0 bridgehead atoms. The van der Waals surface area contributed by atoms with Gasteiger partial charge >= 0.3 is 5.97 Å². The number of aromatic nitrogens is 2. The number of fused-ring (bicyclic) bond motifs is 1. The van der Waals surface area contributed by atoms with Crippen LogP contribution in [0.2, 0.25) is 5.02 Å². The van der Waals surface area contributed by atoms with Crippen LogP contribution in [0.15, 0.2) is 78.9 Å². The number of sulfonamides is 1. The van der Waals surface area contributed by atoms with Gasteiger partial charge in [0.15, 0.2) is 0 Å². The van der Waals surface area contributed by atoms with Crippen LogP contribution in [0.25, 0.3) is 33.5 Å². The summed E-state index contributed by atoms with van der Waals surface area (Å²) in [5.74, 6) is -0.675. The molecule has 2 fully saturated rings. The van der Waals surface area contributed by atoms with Gasteiger partial charge in [-0.1, -0.05) is 49.1 Å². The van der Waals surface area contributed by atoms with Crippen LogP contribution in [0, 0.1) is 5.82 Å². The van der Waals surface area contributed by atoms with Crippen molar-refractivity contribution in [3.05, 3.63) is 101 Å². The third kappa shape index (κ3) is 6.61. The van der Waals surface area contributed by atoms with Crippen molar-refractivity contribution in [3.63, 3.8) is 0 Å². The van der Waals surface area contributed by atoms with E-state index in [1.165, 1.54) is 16.4 Å². The minimum atomic E-state index is -3.38. The van der Waals surface area contributed by atoms with Crippen molar-refractivity contribution in [3.8, 4) is 28.3 Å². The Balaban J connectivity index is 0.00000401. The highest BCUT2D eigenvalue weighted by Crippen LogP contribution is 2.38. The molecular weight excluding hydrogens is 676 g/mol. The average Bonchev–Trinajstić information content (AvgIpc) is 3.63. The Morgan fingerprint density at radius 1 is 0.938 bits per heavy atom.